The van der Waals surface area contributed by atoms with Gasteiger partial charge in [-0.25, -0.2) is 12.8 Å². The minimum absolute atomic E-state index is 0.0544. The minimum atomic E-state index is -3.23. The van der Waals surface area contributed by atoms with Crippen LogP contribution in [0.3, 0.4) is 0 Å². The molecule has 1 aromatic carbocycles. The van der Waals surface area contributed by atoms with Crippen LogP contribution in [0.2, 0.25) is 0 Å². The smallest absolute Gasteiger partial charge is 0.270 e. The molecule has 0 bridgehead atoms. The predicted molar refractivity (Wildman–Crippen MR) is 72.2 cm³/mol. The highest BCUT2D eigenvalue weighted by molar-refractivity contribution is 7.91. The number of hydrogen-bond donors (Lipinski definition) is 1. The van der Waals surface area contributed by atoms with Crippen LogP contribution in [0.15, 0.2) is 18.2 Å². The van der Waals surface area contributed by atoms with Crippen molar-refractivity contribution in [3.8, 4) is 0 Å². The molecule has 1 aliphatic heterocycles. The van der Waals surface area contributed by atoms with Crippen molar-refractivity contribution in [2.24, 2.45) is 0 Å². The van der Waals surface area contributed by atoms with E-state index in [9.17, 15) is 27.7 Å². The summed E-state index contributed by atoms with van der Waals surface area (Å²) in [6.07, 6.45) is 0.220. The molecular weight excluding hydrogens is 303 g/mol. The van der Waals surface area contributed by atoms with Gasteiger partial charge in [0.25, 0.3) is 11.6 Å². The zero-order valence-electron chi connectivity index (χ0n) is 11.1. The van der Waals surface area contributed by atoms with Gasteiger partial charge in [0.05, 0.1) is 27.5 Å². The zero-order valence-corrected chi connectivity index (χ0v) is 11.9. The first kappa shape index (κ1) is 15.4. The number of sulfone groups is 1. The van der Waals surface area contributed by atoms with Crippen molar-refractivity contribution in [3.05, 3.63) is 39.7 Å². The fourth-order valence-corrected chi connectivity index (χ4v) is 4.34. The van der Waals surface area contributed by atoms with Crippen molar-refractivity contribution < 1.29 is 22.5 Å². The molecule has 1 unspecified atom stereocenters. The summed E-state index contributed by atoms with van der Waals surface area (Å²) < 4.78 is 36.6. The molecule has 1 fully saturated rings. The first-order valence-corrected chi connectivity index (χ1v) is 7.91. The van der Waals surface area contributed by atoms with Crippen molar-refractivity contribution in [1.29, 1.82) is 0 Å². The molecule has 0 spiro atoms. The topological polar surface area (TPSA) is 106 Å². The standard InChI is InChI=1S/C12H13FN2O5S/c1-12(4-5-21(19,20)7-12)14-11(16)9-6-8(15(17)18)2-3-10(9)13/h2-3,6H,4-5,7H2,1H3,(H,14,16). The number of nitrogens with one attached hydrogen (secondary N) is 1. The Morgan fingerprint density at radius 1 is 1.48 bits per heavy atom. The lowest BCUT2D eigenvalue weighted by atomic mass is 10.0. The van der Waals surface area contributed by atoms with Gasteiger partial charge in [0.2, 0.25) is 0 Å². The van der Waals surface area contributed by atoms with E-state index in [-0.39, 0.29) is 17.9 Å². The number of carbonyl (C=O) groups is 1. The van der Waals surface area contributed by atoms with Crippen LogP contribution < -0.4 is 5.32 Å². The van der Waals surface area contributed by atoms with E-state index in [2.05, 4.69) is 5.32 Å². The van der Waals surface area contributed by atoms with Gasteiger partial charge in [0, 0.05) is 12.1 Å². The molecular formula is C12H13FN2O5S. The Hall–Kier alpha value is -2.03. The summed E-state index contributed by atoms with van der Waals surface area (Å²) >= 11 is 0. The van der Waals surface area contributed by atoms with E-state index in [0.29, 0.717) is 0 Å². The van der Waals surface area contributed by atoms with Crippen LogP contribution in [0.25, 0.3) is 0 Å². The van der Waals surface area contributed by atoms with Gasteiger partial charge in [-0.15, -0.1) is 0 Å². The lowest BCUT2D eigenvalue weighted by Crippen LogP contribution is -2.47. The van der Waals surface area contributed by atoms with Gasteiger partial charge in [-0.3, -0.25) is 14.9 Å². The van der Waals surface area contributed by atoms with Crippen molar-refractivity contribution in [3.63, 3.8) is 0 Å². The number of hydrogen-bond acceptors (Lipinski definition) is 5. The molecule has 1 heterocycles. The summed E-state index contributed by atoms with van der Waals surface area (Å²) in [4.78, 5) is 22.0. The summed E-state index contributed by atoms with van der Waals surface area (Å²) in [5.74, 6) is -2.05. The van der Waals surface area contributed by atoms with E-state index >= 15 is 0 Å². The molecule has 0 saturated carbocycles. The quantitative estimate of drug-likeness (QED) is 0.662. The summed E-state index contributed by atoms with van der Waals surface area (Å²) in [6.45, 7) is 1.55. The molecule has 0 aliphatic carbocycles. The van der Waals surface area contributed by atoms with E-state index in [1.54, 1.807) is 6.92 Å². The number of amides is 1. The Labute approximate surface area is 120 Å². The monoisotopic (exact) mass is 316 g/mol. The third-order valence-electron chi connectivity index (χ3n) is 3.32. The maximum Gasteiger partial charge on any atom is 0.270 e. The minimum Gasteiger partial charge on any atom is -0.346 e. The second-order valence-corrected chi connectivity index (χ2v) is 7.46. The highest BCUT2D eigenvalue weighted by Crippen LogP contribution is 2.24. The number of carbonyl (C=O) groups excluding carboxylic acids is 1. The number of nitro groups is 1. The first-order chi connectivity index (χ1) is 9.62. The van der Waals surface area contributed by atoms with Crippen LogP contribution in [-0.2, 0) is 9.84 Å². The van der Waals surface area contributed by atoms with Crippen molar-refractivity contribution in [2.45, 2.75) is 18.9 Å². The van der Waals surface area contributed by atoms with Crippen LogP contribution >= 0.6 is 0 Å². The summed E-state index contributed by atoms with van der Waals surface area (Å²) in [7, 11) is -3.23. The largest absolute Gasteiger partial charge is 0.346 e. The normalized spacial score (nSPS) is 23.7. The average molecular weight is 316 g/mol. The lowest BCUT2D eigenvalue weighted by molar-refractivity contribution is -0.384. The van der Waals surface area contributed by atoms with E-state index < -0.39 is 43.3 Å². The fraction of sp³-hybridized carbons (Fsp3) is 0.417. The molecule has 0 aromatic heterocycles. The Balaban J connectivity index is 2.25. The number of halogens is 1. The van der Waals surface area contributed by atoms with Crippen LogP contribution in [0.5, 0.6) is 0 Å². The van der Waals surface area contributed by atoms with E-state index in [4.69, 9.17) is 0 Å². The highest BCUT2D eigenvalue weighted by Gasteiger charge is 2.40. The number of non-ortho nitro benzene ring substituents is 1. The Morgan fingerprint density at radius 2 is 2.14 bits per heavy atom. The summed E-state index contributed by atoms with van der Waals surface area (Å²) in [5, 5.41) is 13.1. The molecule has 7 nitrogen and oxygen atoms in total. The third kappa shape index (κ3) is 3.35. The van der Waals surface area contributed by atoms with E-state index in [0.717, 1.165) is 18.2 Å². The predicted octanol–water partition coefficient (Wildman–Crippen LogP) is 1.04. The Kier molecular flexibility index (Phi) is 3.70. The second-order valence-electron chi connectivity index (χ2n) is 5.28. The first-order valence-electron chi connectivity index (χ1n) is 6.09. The molecule has 9 heteroatoms. The van der Waals surface area contributed by atoms with Gasteiger partial charge in [-0.05, 0) is 19.4 Å². The van der Waals surface area contributed by atoms with Crippen LogP contribution in [0.1, 0.15) is 23.7 Å². The van der Waals surface area contributed by atoms with Gasteiger partial charge < -0.3 is 5.32 Å². The average Bonchev–Trinajstić information content (AvgIpc) is 2.63. The van der Waals surface area contributed by atoms with Crippen molar-refractivity contribution in [1.82, 2.24) is 5.32 Å². The lowest BCUT2D eigenvalue weighted by Gasteiger charge is -2.23. The van der Waals surface area contributed by atoms with Crippen LogP contribution in [0, 0.1) is 15.9 Å². The second kappa shape index (κ2) is 5.06. The van der Waals surface area contributed by atoms with Crippen LogP contribution in [-0.4, -0.2) is 36.3 Å². The molecule has 21 heavy (non-hydrogen) atoms. The Bertz CT molecular complexity index is 718. The van der Waals surface area contributed by atoms with Crippen LogP contribution in [0.4, 0.5) is 10.1 Å². The van der Waals surface area contributed by atoms with Gasteiger partial charge in [0.15, 0.2) is 9.84 Å². The van der Waals surface area contributed by atoms with Crippen molar-refractivity contribution in [2.75, 3.05) is 11.5 Å². The molecule has 1 saturated heterocycles. The molecule has 1 amide bonds. The number of nitrogens with zero attached hydrogens (tertiary/aromatic N) is 1. The van der Waals surface area contributed by atoms with Gasteiger partial charge in [-0.2, -0.15) is 0 Å². The number of rotatable bonds is 3. The number of nitro benzene ring substituents is 1. The molecule has 0 radical (unpaired) electrons. The van der Waals surface area contributed by atoms with E-state index in [1.165, 1.54) is 0 Å². The third-order valence-corrected chi connectivity index (χ3v) is 5.23. The molecule has 1 atom stereocenters. The summed E-state index contributed by atoms with van der Waals surface area (Å²) in [6, 6.07) is 2.62. The van der Waals surface area contributed by atoms with Gasteiger partial charge >= 0.3 is 0 Å². The fourth-order valence-electron chi connectivity index (χ4n) is 2.25. The van der Waals surface area contributed by atoms with Gasteiger partial charge in [0.1, 0.15) is 5.82 Å². The number of benzene rings is 1. The highest BCUT2D eigenvalue weighted by atomic mass is 32.2. The Morgan fingerprint density at radius 3 is 2.67 bits per heavy atom. The molecule has 2 rings (SSSR count). The molecule has 1 N–H and O–H groups in total. The SMILES string of the molecule is CC1(NC(=O)c2cc([N+](=O)[O-])ccc2F)CCS(=O)(=O)C1. The maximum absolute atomic E-state index is 13.6. The summed E-state index contributed by atoms with van der Waals surface area (Å²) in [5.41, 5.74) is -1.88. The molecule has 1 aliphatic rings. The molecule has 1 aromatic rings. The van der Waals surface area contributed by atoms with E-state index in [1.807, 2.05) is 0 Å². The van der Waals surface area contributed by atoms with Gasteiger partial charge in [-0.1, -0.05) is 0 Å². The van der Waals surface area contributed by atoms with Crippen molar-refractivity contribution >= 4 is 21.4 Å². The molecule has 114 valence electrons. The zero-order chi connectivity index (χ0) is 15.8. The maximum atomic E-state index is 13.6.